The summed E-state index contributed by atoms with van der Waals surface area (Å²) in [5.41, 5.74) is 0. The van der Waals surface area contributed by atoms with E-state index in [-0.39, 0.29) is 0 Å². The Balaban J connectivity index is 2.24. The first-order valence-corrected chi connectivity index (χ1v) is 5.65. The van der Waals surface area contributed by atoms with Gasteiger partial charge in [-0.05, 0) is 11.4 Å². The van der Waals surface area contributed by atoms with Crippen LogP contribution in [0.3, 0.4) is 0 Å². The summed E-state index contributed by atoms with van der Waals surface area (Å²) in [7, 11) is 0. The van der Waals surface area contributed by atoms with Crippen molar-refractivity contribution < 1.29 is 4.74 Å². The second-order valence-electron chi connectivity index (χ2n) is 2.87. The van der Waals surface area contributed by atoms with Gasteiger partial charge < -0.3 is 4.74 Å². The van der Waals surface area contributed by atoms with E-state index < -0.39 is 0 Å². The molecule has 2 rings (SSSR count). The fourth-order valence-electron chi connectivity index (χ4n) is 1.16. The molecule has 0 N–H and O–H groups in total. The molecule has 15 heavy (non-hydrogen) atoms. The maximum Gasteiger partial charge on any atom is 0.157 e. The Morgan fingerprint density at radius 1 is 1.53 bits per heavy atom. The number of aromatic nitrogens is 2. The maximum atomic E-state index is 6.00. The van der Waals surface area contributed by atoms with Crippen LogP contribution < -0.4 is 0 Å². The van der Waals surface area contributed by atoms with Crippen molar-refractivity contribution in [3.05, 3.63) is 35.1 Å². The molecular weight excluding hydrogens is 232 g/mol. The predicted octanol–water partition coefficient (Wildman–Crippen LogP) is 3.05. The molecular formula is C10H9ClN2OS. The van der Waals surface area contributed by atoms with E-state index >= 15 is 0 Å². The standard InChI is InChI=1S/C10H9ClN2OS/c1-2-4-14-6-8-12-9(11)7-3-5-15-10(7)13-8/h2-3,5H,1,4,6H2. The Labute approximate surface area is 96.4 Å². The second kappa shape index (κ2) is 4.70. The molecule has 0 spiro atoms. The van der Waals surface area contributed by atoms with Gasteiger partial charge in [-0.25, -0.2) is 9.97 Å². The molecule has 2 heterocycles. The number of nitrogens with zero attached hydrogens (tertiary/aromatic N) is 2. The molecule has 0 aliphatic carbocycles. The third-order valence-corrected chi connectivity index (χ3v) is 2.89. The van der Waals surface area contributed by atoms with Crippen LogP contribution in [0.5, 0.6) is 0 Å². The summed E-state index contributed by atoms with van der Waals surface area (Å²) < 4.78 is 5.25. The summed E-state index contributed by atoms with van der Waals surface area (Å²) in [6, 6.07) is 1.91. The van der Waals surface area contributed by atoms with Gasteiger partial charge in [0.2, 0.25) is 0 Å². The first-order valence-electron chi connectivity index (χ1n) is 4.39. The summed E-state index contributed by atoms with van der Waals surface area (Å²) in [5.74, 6) is 0.608. The Morgan fingerprint density at radius 2 is 2.40 bits per heavy atom. The fourth-order valence-corrected chi connectivity index (χ4v) is 2.25. The second-order valence-corrected chi connectivity index (χ2v) is 4.13. The summed E-state index contributed by atoms with van der Waals surface area (Å²) >= 11 is 7.54. The minimum absolute atomic E-state index is 0.361. The SMILES string of the molecule is C=CCOCc1nc(Cl)c2ccsc2n1. The zero-order valence-electron chi connectivity index (χ0n) is 7.94. The van der Waals surface area contributed by atoms with Crippen molar-refractivity contribution in [2.45, 2.75) is 6.61 Å². The maximum absolute atomic E-state index is 6.00. The van der Waals surface area contributed by atoms with E-state index in [9.17, 15) is 0 Å². The van der Waals surface area contributed by atoms with E-state index in [1.807, 2.05) is 11.4 Å². The van der Waals surface area contributed by atoms with Crippen LogP contribution >= 0.6 is 22.9 Å². The third kappa shape index (κ3) is 2.34. The lowest BCUT2D eigenvalue weighted by atomic mass is 10.4. The molecule has 5 heteroatoms. The fraction of sp³-hybridized carbons (Fsp3) is 0.200. The molecule has 2 aromatic rings. The van der Waals surface area contributed by atoms with Crippen molar-refractivity contribution in [2.24, 2.45) is 0 Å². The average Bonchev–Trinajstić information content (AvgIpc) is 2.66. The lowest BCUT2D eigenvalue weighted by molar-refractivity contribution is 0.143. The lowest BCUT2D eigenvalue weighted by Gasteiger charge is -2.01. The van der Waals surface area contributed by atoms with Crippen LogP contribution in [-0.4, -0.2) is 16.6 Å². The van der Waals surface area contributed by atoms with Crippen LogP contribution in [0.2, 0.25) is 5.15 Å². The van der Waals surface area contributed by atoms with E-state index in [2.05, 4.69) is 16.5 Å². The van der Waals surface area contributed by atoms with Gasteiger partial charge in [-0.1, -0.05) is 17.7 Å². The highest BCUT2D eigenvalue weighted by Crippen LogP contribution is 2.24. The van der Waals surface area contributed by atoms with E-state index in [0.717, 1.165) is 10.2 Å². The van der Waals surface area contributed by atoms with E-state index in [1.54, 1.807) is 17.4 Å². The molecule has 0 fully saturated rings. The van der Waals surface area contributed by atoms with Crippen LogP contribution in [0.1, 0.15) is 5.82 Å². The third-order valence-electron chi connectivity index (χ3n) is 1.79. The normalized spacial score (nSPS) is 10.7. The van der Waals surface area contributed by atoms with Gasteiger partial charge in [-0.15, -0.1) is 17.9 Å². The topological polar surface area (TPSA) is 35.0 Å². The van der Waals surface area contributed by atoms with Crippen LogP contribution in [0.15, 0.2) is 24.1 Å². The van der Waals surface area contributed by atoms with Crippen LogP contribution in [0.4, 0.5) is 0 Å². The number of ether oxygens (including phenoxy) is 1. The molecule has 0 aliphatic rings. The predicted molar refractivity (Wildman–Crippen MR) is 62.3 cm³/mol. The van der Waals surface area contributed by atoms with Crippen LogP contribution in [-0.2, 0) is 11.3 Å². The number of fused-ring (bicyclic) bond motifs is 1. The molecule has 2 aromatic heterocycles. The van der Waals surface area contributed by atoms with E-state index in [4.69, 9.17) is 16.3 Å². The molecule has 0 aromatic carbocycles. The Morgan fingerprint density at radius 3 is 3.20 bits per heavy atom. The van der Waals surface area contributed by atoms with Gasteiger partial charge in [-0.2, -0.15) is 0 Å². The number of hydrogen-bond acceptors (Lipinski definition) is 4. The summed E-state index contributed by atoms with van der Waals surface area (Å²) in [5, 5.41) is 3.33. The molecule has 0 unspecified atom stereocenters. The van der Waals surface area contributed by atoms with Crippen LogP contribution in [0.25, 0.3) is 10.2 Å². The molecule has 0 aliphatic heterocycles. The zero-order valence-corrected chi connectivity index (χ0v) is 9.51. The number of hydrogen-bond donors (Lipinski definition) is 0. The average molecular weight is 241 g/mol. The zero-order chi connectivity index (χ0) is 10.7. The number of halogens is 1. The minimum Gasteiger partial charge on any atom is -0.369 e. The van der Waals surface area contributed by atoms with Crippen molar-refractivity contribution in [2.75, 3.05) is 6.61 Å². The molecule has 0 amide bonds. The summed E-state index contributed by atoms with van der Waals surface area (Å²) in [6.07, 6.45) is 1.69. The van der Waals surface area contributed by atoms with Crippen molar-refractivity contribution in [3.8, 4) is 0 Å². The Bertz CT molecular complexity index is 483. The van der Waals surface area contributed by atoms with Gasteiger partial charge in [0.25, 0.3) is 0 Å². The molecule has 3 nitrogen and oxygen atoms in total. The van der Waals surface area contributed by atoms with Crippen molar-refractivity contribution in [1.29, 1.82) is 0 Å². The Hall–Kier alpha value is -0.970. The van der Waals surface area contributed by atoms with E-state index in [1.165, 1.54) is 0 Å². The quantitative estimate of drug-likeness (QED) is 0.468. The Kier molecular flexibility index (Phi) is 3.30. The molecule has 78 valence electrons. The monoisotopic (exact) mass is 240 g/mol. The van der Waals surface area contributed by atoms with Gasteiger partial charge in [0.15, 0.2) is 5.82 Å². The minimum atomic E-state index is 0.361. The van der Waals surface area contributed by atoms with Gasteiger partial charge in [0, 0.05) is 5.39 Å². The first kappa shape index (κ1) is 10.5. The smallest absolute Gasteiger partial charge is 0.157 e. The lowest BCUT2D eigenvalue weighted by Crippen LogP contribution is -1.99. The van der Waals surface area contributed by atoms with E-state index in [0.29, 0.717) is 24.2 Å². The highest BCUT2D eigenvalue weighted by molar-refractivity contribution is 7.16. The summed E-state index contributed by atoms with van der Waals surface area (Å²) in [6.45, 7) is 4.41. The molecule has 0 radical (unpaired) electrons. The van der Waals surface area contributed by atoms with Crippen molar-refractivity contribution in [1.82, 2.24) is 9.97 Å². The van der Waals surface area contributed by atoms with Gasteiger partial charge in [0.05, 0.1) is 6.61 Å². The van der Waals surface area contributed by atoms with Crippen LogP contribution in [0, 0.1) is 0 Å². The highest BCUT2D eigenvalue weighted by atomic mass is 35.5. The molecule has 0 saturated heterocycles. The molecule has 0 bridgehead atoms. The van der Waals surface area contributed by atoms with Crippen molar-refractivity contribution >= 4 is 33.2 Å². The number of rotatable bonds is 4. The molecule has 0 saturated carbocycles. The number of thiophene rings is 1. The first-order chi connectivity index (χ1) is 7.31. The highest BCUT2D eigenvalue weighted by Gasteiger charge is 2.06. The largest absolute Gasteiger partial charge is 0.369 e. The van der Waals surface area contributed by atoms with Crippen molar-refractivity contribution in [3.63, 3.8) is 0 Å². The summed E-state index contributed by atoms with van der Waals surface area (Å²) in [4.78, 5) is 9.37. The van der Waals surface area contributed by atoms with Gasteiger partial charge in [0.1, 0.15) is 16.6 Å². The van der Waals surface area contributed by atoms with Gasteiger partial charge in [-0.3, -0.25) is 0 Å². The van der Waals surface area contributed by atoms with Gasteiger partial charge >= 0.3 is 0 Å². The molecule has 0 atom stereocenters.